The van der Waals surface area contributed by atoms with Crippen molar-refractivity contribution in [1.29, 1.82) is 0 Å². The number of aryl methyl sites for hydroxylation is 1. The van der Waals surface area contributed by atoms with E-state index in [1.165, 1.54) is 12.0 Å². The van der Waals surface area contributed by atoms with Gasteiger partial charge in [-0.2, -0.15) is 0 Å². The fourth-order valence-corrected chi connectivity index (χ4v) is 1.52. The molecule has 78 valence electrons. The van der Waals surface area contributed by atoms with E-state index in [9.17, 15) is 0 Å². The van der Waals surface area contributed by atoms with E-state index in [1.807, 2.05) is 12.3 Å². The first-order chi connectivity index (χ1) is 6.61. The molecule has 1 rings (SSSR count). The summed E-state index contributed by atoms with van der Waals surface area (Å²) in [5, 5.41) is 3.33. The fourth-order valence-electron chi connectivity index (χ4n) is 1.14. The summed E-state index contributed by atoms with van der Waals surface area (Å²) in [6, 6.07) is 2.00. The van der Waals surface area contributed by atoms with Crippen LogP contribution in [0.5, 0.6) is 0 Å². The molecule has 0 amide bonds. The molecule has 0 aromatic carbocycles. The van der Waals surface area contributed by atoms with Crippen LogP contribution >= 0.6 is 15.9 Å². The second kappa shape index (κ2) is 5.35. The van der Waals surface area contributed by atoms with Gasteiger partial charge in [0, 0.05) is 12.7 Å². The molecule has 2 nitrogen and oxygen atoms in total. The van der Waals surface area contributed by atoms with Crippen molar-refractivity contribution in [2.75, 3.05) is 11.9 Å². The van der Waals surface area contributed by atoms with E-state index in [1.54, 1.807) is 0 Å². The highest BCUT2D eigenvalue weighted by Crippen LogP contribution is 2.23. The molecule has 1 aromatic heterocycles. The van der Waals surface area contributed by atoms with Crippen molar-refractivity contribution in [2.24, 2.45) is 5.92 Å². The maximum atomic E-state index is 4.28. The third kappa shape index (κ3) is 3.29. The Hall–Kier alpha value is -0.570. The van der Waals surface area contributed by atoms with Crippen molar-refractivity contribution in [3.05, 3.63) is 22.3 Å². The lowest BCUT2D eigenvalue weighted by atomic mass is 10.1. The Bertz CT molecular complexity index is 297. The van der Waals surface area contributed by atoms with Gasteiger partial charge >= 0.3 is 0 Å². The van der Waals surface area contributed by atoms with Gasteiger partial charge in [-0.25, -0.2) is 4.98 Å². The zero-order valence-electron chi connectivity index (χ0n) is 8.97. The Balaban J connectivity index is 2.54. The molecule has 0 aliphatic rings. The molecule has 0 aliphatic carbocycles. The summed E-state index contributed by atoms with van der Waals surface area (Å²) in [4.78, 5) is 4.28. The third-order valence-corrected chi connectivity index (χ3v) is 3.10. The van der Waals surface area contributed by atoms with Gasteiger partial charge in [-0.05, 0) is 46.8 Å². The van der Waals surface area contributed by atoms with Crippen LogP contribution < -0.4 is 5.32 Å². The molecule has 1 heterocycles. The summed E-state index contributed by atoms with van der Waals surface area (Å²) in [5.74, 6) is 1.68. The average Bonchev–Trinajstić information content (AvgIpc) is 2.12. The molecule has 1 aromatic rings. The summed E-state index contributed by atoms with van der Waals surface area (Å²) in [6.45, 7) is 7.49. The molecule has 0 fully saturated rings. The minimum Gasteiger partial charge on any atom is -0.369 e. The first-order valence-electron chi connectivity index (χ1n) is 4.96. The monoisotopic (exact) mass is 256 g/mol. The maximum absolute atomic E-state index is 4.28. The van der Waals surface area contributed by atoms with Crippen molar-refractivity contribution < 1.29 is 0 Å². The molecular formula is C11H17BrN2. The van der Waals surface area contributed by atoms with Gasteiger partial charge in [0.25, 0.3) is 0 Å². The van der Waals surface area contributed by atoms with E-state index in [4.69, 9.17) is 0 Å². The molecule has 0 atom stereocenters. The highest BCUT2D eigenvalue weighted by Gasteiger charge is 2.02. The lowest BCUT2D eigenvalue weighted by Gasteiger charge is -2.10. The average molecular weight is 257 g/mol. The molecule has 0 aliphatic heterocycles. The van der Waals surface area contributed by atoms with Crippen LogP contribution in [0.15, 0.2) is 16.7 Å². The fraction of sp³-hybridized carbons (Fsp3) is 0.545. The van der Waals surface area contributed by atoms with Gasteiger partial charge in [0.05, 0.1) is 4.47 Å². The topological polar surface area (TPSA) is 24.9 Å². The molecule has 1 N–H and O–H groups in total. The molecule has 0 saturated heterocycles. The van der Waals surface area contributed by atoms with E-state index in [-0.39, 0.29) is 0 Å². The Kier molecular flexibility index (Phi) is 4.39. The van der Waals surface area contributed by atoms with E-state index in [2.05, 4.69) is 47.0 Å². The SMILES string of the molecule is Cc1ccnc(NCCC(C)C)c1Br. The number of aromatic nitrogens is 1. The van der Waals surface area contributed by atoms with Crippen LogP contribution in [0, 0.1) is 12.8 Å². The molecule has 0 radical (unpaired) electrons. The quantitative estimate of drug-likeness (QED) is 0.891. The molecule has 3 heteroatoms. The smallest absolute Gasteiger partial charge is 0.140 e. The van der Waals surface area contributed by atoms with E-state index >= 15 is 0 Å². The van der Waals surface area contributed by atoms with Crippen LogP contribution in [0.2, 0.25) is 0 Å². The summed E-state index contributed by atoms with van der Waals surface area (Å²) >= 11 is 3.52. The zero-order valence-corrected chi connectivity index (χ0v) is 10.6. The summed E-state index contributed by atoms with van der Waals surface area (Å²) in [5.41, 5.74) is 1.21. The number of halogens is 1. The van der Waals surface area contributed by atoms with E-state index < -0.39 is 0 Å². The van der Waals surface area contributed by atoms with Gasteiger partial charge in [-0.3, -0.25) is 0 Å². The predicted octanol–water partition coefficient (Wildman–Crippen LogP) is 3.61. The third-order valence-electron chi connectivity index (χ3n) is 2.10. The number of anilines is 1. The number of nitrogens with one attached hydrogen (secondary N) is 1. The van der Waals surface area contributed by atoms with Crippen molar-refractivity contribution in [3.63, 3.8) is 0 Å². The standard InChI is InChI=1S/C11H17BrN2/c1-8(2)4-6-13-11-10(12)9(3)5-7-14-11/h5,7-8H,4,6H2,1-3H3,(H,13,14). The zero-order chi connectivity index (χ0) is 10.6. The summed E-state index contributed by atoms with van der Waals surface area (Å²) < 4.78 is 1.07. The number of pyridine rings is 1. The minimum absolute atomic E-state index is 0.728. The maximum Gasteiger partial charge on any atom is 0.140 e. The van der Waals surface area contributed by atoms with Gasteiger partial charge in [-0.15, -0.1) is 0 Å². The van der Waals surface area contributed by atoms with Crippen LogP contribution in [0.1, 0.15) is 25.8 Å². The van der Waals surface area contributed by atoms with Gasteiger partial charge in [-0.1, -0.05) is 13.8 Å². The molecule has 0 bridgehead atoms. The largest absolute Gasteiger partial charge is 0.369 e. The number of nitrogens with zero attached hydrogens (tertiary/aromatic N) is 1. The number of hydrogen-bond acceptors (Lipinski definition) is 2. The second-order valence-electron chi connectivity index (χ2n) is 3.90. The highest BCUT2D eigenvalue weighted by molar-refractivity contribution is 9.10. The molecule has 14 heavy (non-hydrogen) atoms. The van der Waals surface area contributed by atoms with Gasteiger partial charge in [0.2, 0.25) is 0 Å². The number of rotatable bonds is 4. The predicted molar refractivity (Wildman–Crippen MR) is 64.6 cm³/mol. The van der Waals surface area contributed by atoms with Crippen LogP contribution in [0.3, 0.4) is 0 Å². The normalized spacial score (nSPS) is 10.6. The van der Waals surface area contributed by atoms with Crippen molar-refractivity contribution in [1.82, 2.24) is 4.98 Å². The van der Waals surface area contributed by atoms with Gasteiger partial charge < -0.3 is 5.32 Å². The van der Waals surface area contributed by atoms with Crippen LogP contribution in [-0.4, -0.2) is 11.5 Å². The Morgan fingerprint density at radius 1 is 1.50 bits per heavy atom. The van der Waals surface area contributed by atoms with Crippen LogP contribution in [0.25, 0.3) is 0 Å². The molecule has 0 unspecified atom stereocenters. The van der Waals surface area contributed by atoms with E-state index in [0.717, 1.165) is 22.8 Å². The second-order valence-corrected chi connectivity index (χ2v) is 4.69. The first-order valence-corrected chi connectivity index (χ1v) is 5.75. The Labute approximate surface area is 94.3 Å². The van der Waals surface area contributed by atoms with Crippen LogP contribution in [0.4, 0.5) is 5.82 Å². The van der Waals surface area contributed by atoms with Crippen molar-refractivity contribution >= 4 is 21.7 Å². The molecular weight excluding hydrogens is 240 g/mol. The lowest BCUT2D eigenvalue weighted by Crippen LogP contribution is -2.06. The van der Waals surface area contributed by atoms with E-state index in [0.29, 0.717) is 0 Å². The van der Waals surface area contributed by atoms with Gasteiger partial charge in [0.15, 0.2) is 0 Å². The first kappa shape index (κ1) is 11.5. The lowest BCUT2D eigenvalue weighted by molar-refractivity contribution is 0.606. The van der Waals surface area contributed by atoms with Crippen molar-refractivity contribution in [3.8, 4) is 0 Å². The Morgan fingerprint density at radius 3 is 2.86 bits per heavy atom. The number of hydrogen-bond donors (Lipinski definition) is 1. The summed E-state index contributed by atoms with van der Waals surface area (Å²) in [6.07, 6.45) is 3.00. The molecule has 0 spiro atoms. The summed E-state index contributed by atoms with van der Waals surface area (Å²) in [7, 11) is 0. The van der Waals surface area contributed by atoms with Crippen LogP contribution in [-0.2, 0) is 0 Å². The van der Waals surface area contributed by atoms with Crippen molar-refractivity contribution in [2.45, 2.75) is 27.2 Å². The van der Waals surface area contributed by atoms with Gasteiger partial charge in [0.1, 0.15) is 5.82 Å². The highest BCUT2D eigenvalue weighted by atomic mass is 79.9. The molecule has 0 saturated carbocycles. The Morgan fingerprint density at radius 2 is 2.21 bits per heavy atom. The minimum atomic E-state index is 0.728.